The van der Waals surface area contributed by atoms with E-state index < -0.39 is 11.7 Å². The predicted octanol–water partition coefficient (Wildman–Crippen LogP) is 4.99. The third kappa shape index (κ3) is 7.77. The highest BCUT2D eigenvalue weighted by atomic mass is 32.2. The molecular formula is C20H30N2O3S. The van der Waals surface area contributed by atoms with Gasteiger partial charge in [0.1, 0.15) is 5.60 Å². The van der Waals surface area contributed by atoms with E-state index >= 15 is 0 Å². The van der Waals surface area contributed by atoms with Gasteiger partial charge in [0.25, 0.3) is 0 Å². The van der Waals surface area contributed by atoms with E-state index in [4.69, 9.17) is 4.74 Å². The lowest BCUT2D eigenvalue weighted by Gasteiger charge is -2.20. The maximum absolute atomic E-state index is 12.2. The number of hydrogen-bond acceptors (Lipinski definition) is 5. The maximum atomic E-state index is 12.2. The van der Waals surface area contributed by atoms with Crippen molar-refractivity contribution in [1.82, 2.24) is 10.3 Å². The summed E-state index contributed by atoms with van der Waals surface area (Å²) < 4.78 is 5.16. The Morgan fingerprint density at radius 3 is 2.58 bits per heavy atom. The number of thioether (sulfide) groups is 1. The van der Waals surface area contributed by atoms with Crippen LogP contribution in [0, 0.1) is 0 Å². The number of ether oxygens (including phenoxy) is 1. The van der Waals surface area contributed by atoms with Gasteiger partial charge < -0.3 is 10.1 Å². The second-order valence-corrected chi connectivity index (χ2v) is 9.04. The monoisotopic (exact) mass is 378 g/mol. The van der Waals surface area contributed by atoms with E-state index in [0.717, 1.165) is 5.03 Å². The first-order valence-electron chi connectivity index (χ1n) is 9.46. The van der Waals surface area contributed by atoms with Gasteiger partial charge >= 0.3 is 6.09 Å². The molecule has 0 aliphatic heterocycles. The largest absolute Gasteiger partial charge is 0.444 e. The molecule has 0 spiro atoms. The Morgan fingerprint density at radius 1 is 1.23 bits per heavy atom. The molecule has 0 radical (unpaired) electrons. The molecule has 1 aromatic heterocycles. The standard InChI is InChI=1S/C20H30N2O3S/c1-20(2,3)25-19(24)21-13-7-10-17(23)15-11-12-18(22-14-15)26-16-8-5-4-6-9-16/h11-12,14,16H,4-10,13H2,1-3H3,(H,21,24). The van der Waals surface area contributed by atoms with Gasteiger partial charge in [0.15, 0.2) is 5.78 Å². The zero-order valence-electron chi connectivity index (χ0n) is 16.0. The lowest BCUT2D eigenvalue weighted by molar-refractivity contribution is 0.0525. The number of Topliss-reactive ketones (excluding diaryl/α,β-unsaturated/α-hetero) is 1. The van der Waals surface area contributed by atoms with Crippen molar-refractivity contribution >= 4 is 23.6 Å². The highest BCUT2D eigenvalue weighted by Gasteiger charge is 2.17. The molecule has 1 aliphatic carbocycles. The van der Waals surface area contributed by atoms with Gasteiger partial charge in [-0.15, -0.1) is 11.8 Å². The Morgan fingerprint density at radius 2 is 1.96 bits per heavy atom. The van der Waals surface area contributed by atoms with E-state index in [9.17, 15) is 9.59 Å². The van der Waals surface area contributed by atoms with Crippen LogP contribution in [0.25, 0.3) is 0 Å². The van der Waals surface area contributed by atoms with Crippen LogP contribution in [0.3, 0.4) is 0 Å². The first kappa shape index (κ1) is 20.7. The van der Waals surface area contributed by atoms with Gasteiger partial charge in [0, 0.05) is 30.0 Å². The summed E-state index contributed by atoms with van der Waals surface area (Å²) in [5.41, 5.74) is 0.124. The van der Waals surface area contributed by atoms with Crippen molar-refractivity contribution in [3.63, 3.8) is 0 Å². The average Bonchev–Trinajstić information content (AvgIpc) is 2.58. The molecule has 1 N–H and O–H groups in total. The number of amides is 1. The molecule has 1 aromatic rings. The zero-order chi connectivity index (χ0) is 19.0. The Kier molecular flexibility index (Phi) is 7.94. The van der Waals surface area contributed by atoms with Crippen molar-refractivity contribution in [2.24, 2.45) is 0 Å². The van der Waals surface area contributed by atoms with Crippen LogP contribution in [0.4, 0.5) is 4.79 Å². The Hall–Kier alpha value is -1.56. The third-order valence-corrected chi connectivity index (χ3v) is 5.43. The van der Waals surface area contributed by atoms with E-state index in [1.807, 2.05) is 44.7 Å². The minimum Gasteiger partial charge on any atom is -0.444 e. The maximum Gasteiger partial charge on any atom is 0.407 e. The summed E-state index contributed by atoms with van der Waals surface area (Å²) in [5.74, 6) is 0.0534. The molecule has 26 heavy (non-hydrogen) atoms. The topological polar surface area (TPSA) is 68.3 Å². The van der Waals surface area contributed by atoms with Crippen LogP contribution >= 0.6 is 11.8 Å². The average molecular weight is 379 g/mol. The van der Waals surface area contributed by atoms with E-state index in [-0.39, 0.29) is 5.78 Å². The highest BCUT2D eigenvalue weighted by molar-refractivity contribution is 7.99. The van der Waals surface area contributed by atoms with E-state index in [1.54, 1.807) is 6.20 Å². The quantitative estimate of drug-likeness (QED) is 0.534. The molecule has 0 atom stereocenters. The molecule has 144 valence electrons. The van der Waals surface area contributed by atoms with Gasteiger partial charge in [-0.25, -0.2) is 9.78 Å². The van der Waals surface area contributed by atoms with Crippen molar-refractivity contribution in [3.8, 4) is 0 Å². The number of aromatic nitrogens is 1. The highest BCUT2D eigenvalue weighted by Crippen LogP contribution is 2.32. The smallest absolute Gasteiger partial charge is 0.407 e. The predicted molar refractivity (Wildman–Crippen MR) is 105 cm³/mol. The van der Waals surface area contributed by atoms with Crippen molar-refractivity contribution in [1.29, 1.82) is 0 Å². The third-order valence-electron chi connectivity index (χ3n) is 4.15. The zero-order valence-corrected chi connectivity index (χ0v) is 16.9. The molecule has 0 saturated heterocycles. The SMILES string of the molecule is CC(C)(C)OC(=O)NCCCC(=O)c1ccc(SC2CCCCC2)nc1. The fourth-order valence-corrected chi connectivity index (χ4v) is 4.04. The molecule has 1 aliphatic rings. The number of ketones is 1. The van der Waals surface area contributed by atoms with E-state index in [0.29, 0.717) is 30.2 Å². The van der Waals surface area contributed by atoms with Crippen molar-refractivity contribution in [2.75, 3.05) is 6.54 Å². The first-order chi connectivity index (χ1) is 12.3. The second kappa shape index (κ2) is 9.95. The lowest BCUT2D eigenvalue weighted by Crippen LogP contribution is -2.33. The Labute approximate surface area is 160 Å². The van der Waals surface area contributed by atoms with Crippen molar-refractivity contribution in [3.05, 3.63) is 23.9 Å². The second-order valence-electron chi connectivity index (χ2n) is 7.72. The molecule has 1 saturated carbocycles. The fraction of sp³-hybridized carbons (Fsp3) is 0.650. The number of hydrogen-bond donors (Lipinski definition) is 1. The fourth-order valence-electron chi connectivity index (χ4n) is 2.87. The number of alkyl carbamates (subject to hydrolysis) is 1. The van der Waals surface area contributed by atoms with Crippen LogP contribution in [0.2, 0.25) is 0 Å². The lowest BCUT2D eigenvalue weighted by atomic mass is 10.0. The molecule has 1 amide bonds. The Bertz CT molecular complexity index is 590. The van der Waals surface area contributed by atoms with Crippen LogP contribution < -0.4 is 5.32 Å². The van der Waals surface area contributed by atoms with Gasteiger partial charge in [0.2, 0.25) is 0 Å². The minimum absolute atomic E-state index is 0.0534. The van der Waals surface area contributed by atoms with Crippen LogP contribution in [-0.4, -0.2) is 34.3 Å². The van der Waals surface area contributed by atoms with Gasteiger partial charge in [-0.3, -0.25) is 4.79 Å². The number of rotatable bonds is 7. The number of carbonyl (C=O) groups is 2. The molecule has 5 nitrogen and oxygen atoms in total. The number of nitrogens with one attached hydrogen (secondary N) is 1. The Balaban J connectivity index is 1.69. The summed E-state index contributed by atoms with van der Waals surface area (Å²) in [6, 6.07) is 3.81. The summed E-state index contributed by atoms with van der Waals surface area (Å²) in [6.07, 6.45) is 8.68. The van der Waals surface area contributed by atoms with Crippen molar-refractivity contribution < 1.29 is 14.3 Å². The minimum atomic E-state index is -0.511. The van der Waals surface area contributed by atoms with Crippen LogP contribution in [0.1, 0.15) is 76.1 Å². The summed E-state index contributed by atoms with van der Waals surface area (Å²) in [7, 11) is 0. The molecular weight excluding hydrogens is 348 g/mol. The van der Waals surface area contributed by atoms with E-state index in [2.05, 4.69) is 10.3 Å². The van der Waals surface area contributed by atoms with Gasteiger partial charge in [0.05, 0.1) is 5.03 Å². The molecule has 0 unspecified atom stereocenters. The summed E-state index contributed by atoms with van der Waals surface area (Å²) in [5, 5.41) is 4.33. The normalized spacial score (nSPS) is 15.5. The first-order valence-corrected chi connectivity index (χ1v) is 10.3. The molecule has 2 rings (SSSR count). The molecule has 0 aromatic carbocycles. The number of pyridine rings is 1. The number of nitrogens with zero attached hydrogens (tertiary/aromatic N) is 1. The molecule has 6 heteroatoms. The molecule has 1 heterocycles. The van der Waals surface area contributed by atoms with Crippen LogP contribution in [-0.2, 0) is 4.74 Å². The van der Waals surface area contributed by atoms with E-state index in [1.165, 1.54) is 32.1 Å². The summed E-state index contributed by atoms with van der Waals surface area (Å²) in [6.45, 7) is 5.88. The molecule has 1 fully saturated rings. The van der Waals surface area contributed by atoms with Gasteiger partial charge in [-0.1, -0.05) is 19.3 Å². The molecule has 0 bridgehead atoms. The number of carbonyl (C=O) groups excluding carboxylic acids is 2. The van der Waals surface area contributed by atoms with Gasteiger partial charge in [-0.05, 0) is 52.2 Å². The van der Waals surface area contributed by atoms with Gasteiger partial charge in [-0.2, -0.15) is 0 Å². The summed E-state index contributed by atoms with van der Waals surface area (Å²) >= 11 is 1.83. The summed E-state index contributed by atoms with van der Waals surface area (Å²) in [4.78, 5) is 28.2. The van der Waals surface area contributed by atoms with Crippen LogP contribution in [0.15, 0.2) is 23.4 Å². The van der Waals surface area contributed by atoms with Crippen molar-refractivity contribution in [2.45, 2.75) is 81.6 Å². The van der Waals surface area contributed by atoms with Crippen LogP contribution in [0.5, 0.6) is 0 Å².